The van der Waals surface area contributed by atoms with Gasteiger partial charge in [0.25, 0.3) is 0 Å². The normalized spacial score (nSPS) is 15.3. The van der Waals surface area contributed by atoms with E-state index in [-0.39, 0.29) is 21.7 Å². The molecule has 1 radical (unpaired) electrons. The molecule has 0 saturated carbocycles. The second kappa shape index (κ2) is 15.7. The molecule has 1 aliphatic heterocycles. The van der Waals surface area contributed by atoms with Gasteiger partial charge in [-0.2, -0.15) is 0 Å². The quantitative estimate of drug-likeness (QED) is 0.175. The van der Waals surface area contributed by atoms with Crippen LogP contribution < -0.4 is 20.5 Å². The SMILES string of the molecule is CC(C)(C)c1ccc(Nc2c(-c3c4c(cc5c3oc3ccccc35)N(c3ccc(C(C)(C)C)cc3-c3ccccc3)c3c(sc5ccccc35)[B]4)ccc3oc4cc5c(cc4c23)C(C)(C)CCC5(C)C)cc1. The third kappa shape index (κ3) is 7.00. The van der Waals surface area contributed by atoms with Crippen LogP contribution in [0.1, 0.15) is 104 Å². The number of nitrogens with zero attached hydrogens (tertiary/aromatic N) is 1. The lowest BCUT2D eigenvalue weighted by molar-refractivity contribution is 0.332. The zero-order valence-corrected chi connectivity index (χ0v) is 43.9. The highest BCUT2D eigenvalue weighted by Crippen LogP contribution is 2.53. The monoisotopic (exact) mass is 955 g/mol. The zero-order chi connectivity index (χ0) is 49.6. The number of benzene rings is 8. The summed E-state index contributed by atoms with van der Waals surface area (Å²) in [7, 11) is 2.44. The summed E-state index contributed by atoms with van der Waals surface area (Å²) in [5.41, 5.74) is 19.9. The average molecular weight is 956 g/mol. The van der Waals surface area contributed by atoms with Crippen molar-refractivity contribution < 1.29 is 8.83 Å². The second-order valence-corrected chi connectivity index (χ2v) is 25.0. The van der Waals surface area contributed by atoms with Gasteiger partial charge < -0.3 is 19.1 Å². The molecule has 72 heavy (non-hydrogen) atoms. The number of para-hydroxylation sites is 1. The molecule has 0 amide bonds. The van der Waals surface area contributed by atoms with Crippen LogP contribution in [-0.2, 0) is 21.7 Å². The molecule has 3 aromatic heterocycles. The number of fused-ring (bicyclic) bond motifs is 11. The Labute approximate surface area is 427 Å². The predicted octanol–water partition coefficient (Wildman–Crippen LogP) is 18.2. The lowest BCUT2D eigenvalue weighted by Crippen LogP contribution is -2.39. The van der Waals surface area contributed by atoms with Gasteiger partial charge in [0.2, 0.25) is 7.28 Å². The van der Waals surface area contributed by atoms with E-state index < -0.39 is 0 Å². The molecule has 0 bridgehead atoms. The molecule has 0 atom stereocenters. The van der Waals surface area contributed by atoms with E-state index in [1.54, 1.807) is 0 Å². The average Bonchev–Trinajstić information content (AvgIpc) is 4.05. The van der Waals surface area contributed by atoms with Gasteiger partial charge in [0.1, 0.15) is 22.3 Å². The van der Waals surface area contributed by atoms with E-state index in [0.29, 0.717) is 0 Å². The first-order valence-corrected chi connectivity index (χ1v) is 26.5. The van der Waals surface area contributed by atoms with Crippen molar-refractivity contribution in [3.8, 4) is 22.3 Å². The van der Waals surface area contributed by atoms with Crippen molar-refractivity contribution in [2.45, 2.75) is 104 Å². The zero-order valence-electron chi connectivity index (χ0n) is 43.1. The highest BCUT2D eigenvalue weighted by molar-refractivity contribution is 7.29. The van der Waals surface area contributed by atoms with E-state index >= 15 is 0 Å². The fourth-order valence-corrected chi connectivity index (χ4v) is 13.0. The molecule has 355 valence electrons. The van der Waals surface area contributed by atoms with Gasteiger partial charge in [0, 0.05) is 54.3 Å². The number of thiophene rings is 1. The van der Waals surface area contributed by atoms with E-state index in [9.17, 15) is 0 Å². The predicted molar refractivity (Wildman–Crippen MR) is 309 cm³/mol. The van der Waals surface area contributed by atoms with Crippen molar-refractivity contribution in [1.82, 2.24) is 0 Å². The molecule has 4 heterocycles. The topological polar surface area (TPSA) is 41.6 Å². The molecule has 11 aromatic rings. The Hall–Kier alpha value is -7.02. The maximum Gasteiger partial charge on any atom is 0.212 e. The molecular weight excluding hydrogens is 896 g/mol. The van der Waals surface area contributed by atoms with E-state index in [1.807, 2.05) is 11.3 Å². The number of hydrogen-bond donors (Lipinski definition) is 1. The minimum Gasteiger partial charge on any atom is -0.456 e. The van der Waals surface area contributed by atoms with Crippen LogP contribution in [0.2, 0.25) is 0 Å². The highest BCUT2D eigenvalue weighted by atomic mass is 32.1. The van der Waals surface area contributed by atoms with Gasteiger partial charge in [0.15, 0.2) is 0 Å². The van der Waals surface area contributed by atoms with Crippen LogP contribution in [-0.4, -0.2) is 7.28 Å². The number of rotatable bonds is 5. The summed E-state index contributed by atoms with van der Waals surface area (Å²) in [6.07, 6.45) is 2.26. The van der Waals surface area contributed by atoms with E-state index in [2.05, 4.69) is 238 Å². The standard InChI is InChI=1S/C66H60BN2O2S/c1-63(2,3)39-24-27-41(28-25-39)68-59-44(29-31-53-56(59)47-35-48-49(37-54(47)70-53)66(9,10)33-32-65(48,7)8)57-58-51(36-46-42-20-14-16-22-52(42)71-61(46)57)69(60-43-21-15-17-23-55(43)72-62(60)67-58)50-30-26-40(64(4,5)6)34-45(50)38-18-12-11-13-19-38/h11-31,34-37,68H,32-33H2,1-10H3. The van der Waals surface area contributed by atoms with Crippen LogP contribution >= 0.6 is 11.3 Å². The molecule has 13 rings (SSSR count). The van der Waals surface area contributed by atoms with Gasteiger partial charge in [-0.25, -0.2) is 0 Å². The van der Waals surface area contributed by atoms with Crippen molar-refractivity contribution in [1.29, 1.82) is 0 Å². The van der Waals surface area contributed by atoms with Gasteiger partial charge in [-0.1, -0.05) is 154 Å². The largest absolute Gasteiger partial charge is 0.456 e. The summed E-state index contributed by atoms with van der Waals surface area (Å²) in [6, 6.07) is 56.2. The van der Waals surface area contributed by atoms with Gasteiger partial charge >= 0.3 is 0 Å². The summed E-state index contributed by atoms with van der Waals surface area (Å²) in [4.78, 5) is 2.57. The Balaban J connectivity index is 1.16. The third-order valence-corrected chi connectivity index (χ3v) is 17.2. The van der Waals surface area contributed by atoms with E-state index in [0.717, 1.165) is 96.1 Å². The molecule has 0 fully saturated rings. The summed E-state index contributed by atoms with van der Waals surface area (Å²) in [5.74, 6) is 0. The first-order chi connectivity index (χ1) is 34.4. The first-order valence-electron chi connectivity index (χ1n) is 25.7. The number of hydrogen-bond acceptors (Lipinski definition) is 5. The number of nitrogens with one attached hydrogen (secondary N) is 1. The maximum atomic E-state index is 7.22. The Morgan fingerprint density at radius 1 is 0.556 bits per heavy atom. The van der Waals surface area contributed by atoms with Crippen LogP contribution in [0.25, 0.3) is 76.2 Å². The third-order valence-electron chi connectivity index (χ3n) is 16.1. The van der Waals surface area contributed by atoms with Crippen LogP contribution in [0.15, 0.2) is 160 Å². The molecule has 1 N–H and O–H groups in total. The first kappa shape index (κ1) is 44.9. The molecule has 1 aliphatic carbocycles. The second-order valence-electron chi connectivity index (χ2n) is 23.9. The molecule has 4 nitrogen and oxygen atoms in total. The minimum absolute atomic E-state index is 0.0135. The van der Waals surface area contributed by atoms with Crippen LogP contribution in [0, 0.1) is 0 Å². The summed E-state index contributed by atoms with van der Waals surface area (Å²) >= 11 is 1.86. The van der Waals surface area contributed by atoms with Crippen molar-refractivity contribution in [2.75, 3.05) is 10.2 Å². The van der Waals surface area contributed by atoms with Gasteiger partial charge in [-0.05, 0) is 139 Å². The van der Waals surface area contributed by atoms with Crippen molar-refractivity contribution in [3.05, 3.63) is 174 Å². The molecule has 6 heteroatoms. The number of furan rings is 2. The summed E-state index contributed by atoms with van der Waals surface area (Å²) in [6.45, 7) is 23.3. The smallest absolute Gasteiger partial charge is 0.212 e. The molecule has 0 unspecified atom stereocenters. The molecular formula is C66H60BN2O2S. The Morgan fingerprint density at radius 3 is 1.96 bits per heavy atom. The Bertz CT molecular complexity index is 4000. The summed E-state index contributed by atoms with van der Waals surface area (Å²) < 4.78 is 16.7. The Morgan fingerprint density at radius 2 is 1.22 bits per heavy atom. The van der Waals surface area contributed by atoms with Gasteiger partial charge in [-0.15, -0.1) is 11.3 Å². The van der Waals surface area contributed by atoms with Crippen LogP contribution in [0.5, 0.6) is 0 Å². The lowest BCUT2D eigenvalue weighted by atomic mass is 9.61. The minimum atomic E-state index is -0.0530. The summed E-state index contributed by atoms with van der Waals surface area (Å²) in [5, 5.41) is 9.69. The lowest BCUT2D eigenvalue weighted by Gasteiger charge is -2.41. The van der Waals surface area contributed by atoms with Crippen molar-refractivity contribution in [2.24, 2.45) is 0 Å². The van der Waals surface area contributed by atoms with Crippen LogP contribution in [0.3, 0.4) is 0 Å². The number of anilines is 5. The van der Waals surface area contributed by atoms with Gasteiger partial charge in [-0.3, -0.25) is 0 Å². The maximum absolute atomic E-state index is 7.22. The molecule has 8 aromatic carbocycles. The molecule has 0 spiro atoms. The van der Waals surface area contributed by atoms with E-state index in [4.69, 9.17) is 8.83 Å². The van der Waals surface area contributed by atoms with Crippen molar-refractivity contribution in [3.63, 3.8) is 0 Å². The van der Waals surface area contributed by atoms with E-state index in [1.165, 1.54) is 53.9 Å². The molecule has 0 saturated heterocycles. The fraction of sp³-hybridized carbons (Fsp3) is 0.242. The molecule has 2 aliphatic rings. The fourth-order valence-electron chi connectivity index (χ4n) is 11.8. The van der Waals surface area contributed by atoms with Crippen LogP contribution in [0.4, 0.5) is 28.4 Å². The van der Waals surface area contributed by atoms with Gasteiger partial charge in [0.05, 0.1) is 22.4 Å². The van der Waals surface area contributed by atoms with Crippen molar-refractivity contribution >= 4 is 111 Å². The highest BCUT2D eigenvalue weighted by Gasteiger charge is 2.39. The Kier molecular flexibility index (Phi) is 9.81.